The van der Waals surface area contributed by atoms with Gasteiger partial charge in [0.15, 0.2) is 0 Å². The van der Waals surface area contributed by atoms with Crippen LogP contribution in [-0.4, -0.2) is 4.98 Å². The molecule has 1 rings (SSSR count). The van der Waals surface area contributed by atoms with Crippen LogP contribution in [0.1, 0.15) is 23.1 Å². The van der Waals surface area contributed by atoms with E-state index in [1.165, 1.54) is 6.20 Å². The quantitative estimate of drug-likeness (QED) is 0.820. The van der Waals surface area contributed by atoms with Crippen molar-refractivity contribution in [2.45, 2.75) is 19.9 Å². The normalized spacial score (nSPS) is 10.9. The van der Waals surface area contributed by atoms with E-state index in [0.717, 1.165) is 0 Å². The molecular formula is C8H9BrF2N2. The molecule has 0 aromatic carbocycles. The molecule has 1 aromatic rings. The lowest BCUT2D eigenvalue weighted by Gasteiger charge is -2.10. The summed E-state index contributed by atoms with van der Waals surface area (Å²) in [5.74, 6) is 0. The van der Waals surface area contributed by atoms with Gasteiger partial charge < -0.3 is 5.73 Å². The molecule has 0 saturated heterocycles. The molecule has 0 aliphatic carbocycles. The van der Waals surface area contributed by atoms with Gasteiger partial charge in [-0.1, -0.05) is 0 Å². The fraction of sp³-hybridized carbons (Fsp3) is 0.375. The Morgan fingerprint density at radius 2 is 2.23 bits per heavy atom. The van der Waals surface area contributed by atoms with Crippen LogP contribution in [-0.2, 0) is 6.54 Å². The van der Waals surface area contributed by atoms with Gasteiger partial charge in [0.25, 0.3) is 6.43 Å². The minimum absolute atomic E-state index is 0.0667. The Balaban J connectivity index is 3.30. The standard InChI is InChI=1S/C8H9BrF2N2/c1-4-5(2-12)3-13-7(9)6(4)8(10)11/h3,8H,2,12H2,1H3. The maximum Gasteiger partial charge on any atom is 0.266 e. The lowest BCUT2D eigenvalue weighted by Crippen LogP contribution is -2.04. The van der Waals surface area contributed by atoms with Crippen LogP contribution in [0.25, 0.3) is 0 Å². The summed E-state index contributed by atoms with van der Waals surface area (Å²) in [5.41, 5.74) is 6.47. The molecule has 0 radical (unpaired) electrons. The second kappa shape index (κ2) is 4.11. The smallest absolute Gasteiger partial charge is 0.266 e. The Kier molecular flexibility index (Phi) is 3.33. The van der Waals surface area contributed by atoms with E-state index in [4.69, 9.17) is 5.73 Å². The summed E-state index contributed by atoms with van der Waals surface area (Å²) in [6.07, 6.45) is -1.01. The van der Waals surface area contributed by atoms with E-state index in [2.05, 4.69) is 20.9 Å². The first kappa shape index (κ1) is 10.5. The number of nitrogens with zero attached hydrogens (tertiary/aromatic N) is 1. The first-order valence-electron chi connectivity index (χ1n) is 3.70. The molecule has 0 spiro atoms. The van der Waals surface area contributed by atoms with Crippen LogP contribution in [0.15, 0.2) is 10.8 Å². The number of hydrogen-bond acceptors (Lipinski definition) is 2. The number of rotatable bonds is 2. The zero-order chi connectivity index (χ0) is 10.0. The Morgan fingerprint density at radius 1 is 1.62 bits per heavy atom. The lowest BCUT2D eigenvalue weighted by molar-refractivity contribution is 0.149. The number of aromatic nitrogens is 1. The largest absolute Gasteiger partial charge is 0.326 e. The zero-order valence-electron chi connectivity index (χ0n) is 7.02. The third kappa shape index (κ3) is 2.03. The predicted molar refractivity (Wildman–Crippen MR) is 49.5 cm³/mol. The van der Waals surface area contributed by atoms with E-state index in [-0.39, 0.29) is 16.7 Å². The highest BCUT2D eigenvalue weighted by molar-refractivity contribution is 9.10. The molecule has 0 saturated carbocycles. The lowest BCUT2D eigenvalue weighted by atomic mass is 10.1. The highest BCUT2D eigenvalue weighted by atomic mass is 79.9. The van der Waals surface area contributed by atoms with Gasteiger partial charge in [-0.3, -0.25) is 0 Å². The summed E-state index contributed by atoms with van der Waals surface area (Å²) in [4.78, 5) is 3.79. The molecule has 2 nitrogen and oxygen atoms in total. The summed E-state index contributed by atoms with van der Waals surface area (Å²) in [7, 11) is 0. The third-order valence-electron chi connectivity index (χ3n) is 1.88. The minimum Gasteiger partial charge on any atom is -0.326 e. The van der Waals surface area contributed by atoms with Gasteiger partial charge in [0.2, 0.25) is 0 Å². The average molecular weight is 251 g/mol. The molecule has 0 atom stereocenters. The molecule has 2 N–H and O–H groups in total. The van der Waals surface area contributed by atoms with E-state index >= 15 is 0 Å². The van der Waals surface area contributed by atoms with Crippen LogP contribution >= 0.6 is 15.9 Å². The topological polar surface area (TPSA) is 38.9 Å². The minimum atomic E-state index is -2.52. The average Bonchev–Trinajstić information content (AvgIpc) is 2.04. The molecule has 0 unspecified atom stereocenters. The molecule has 5 heteroatoms. The van der Waals surface area contributed by atoms with E-state index in [1.807, 2.05) is 0 Å². The molecular weight excluding hydrogens is 242 g/mol. The molecule has 1 aromatic heterocycles. The Labute approximate surface area is 83.3 Å². The highest BCUT2D eigenvalue weighted by Gasteiger charge is 2.17. The molecule has 72 valence electrons. The number of nitrogens with two attached hydrogens (primary N) is 1. The maximum atomic E-state index is 12.5. The van der Waals surface area contributed by atoms with Crippen LogP contribution in [0.4, 0.5) is 8.78 Å². The van der Waals surface area contributed by atoms with Gasteiger partial charge in [-0.25, -0.2) is 13.8 Å². The first-order chi connectivity index (χ1) is 6.07. The van der Waals surface area contributed by atoms with Crippen molar-refractivity contribution in [3.8, 4) is 0 Å². The van der Waals surface area contributed by atoms with Gasteiger partial charge in [-0.2, -0.15) is 0 Å². The molecule has 0 fully saturated rings. The second-order valence-electron chi connectivity index (χ2n) is 2.62. The Morgan fingerprint density at radius 3 is 2.69 bits per heavy atom. The predicted octanol–water partition coefficient (Wildman–Crippen LogP) is 2.55. The molecule has 1 heterocycles. The molecule has 0 aliphatic heterocycles. The van der Waals surface area contributed by atoms with Crippen molar-refractivity contribution in [1.82, 2.24) is 4.98 Å². The molecule has 13 heavy (non-hydrogen) atoms. The van der Waals surface area contributed by atoms with Crippen LogP contribution in [0.5, 0.6) is 0 Å². The van der Waals surface area contributed by atoms with Crippen molar-refractivity contribution in [3.63, 3.8) is 0 Å². The van der Waals surface area contributed by atoms with Gasteiger partial charge in [-0.15, -0.1) is 0 Å². The van der Waals surface area contributed by atoms with Crippen molar-refractivity contribution in [1.29, 1.82) is 0 Å². The summed E-state index contributed by atoms with van der Waals surface area (Å²) >= 11 is 2.98. The maximum absolute atomic E-state index is 12.5. The van der Waals surface area contributed by atoms with Gasteiger partial charge in [-0.05, 0) is 34.0 Å². The van der Waals surface area contributed by atoms with Crippen LogP contribution in [0.3, 0.4) is 0 Å². The van der Waals surface area contributed by atoms with Gasteiger partial charge in [0.05, 0.1) is 5.56 Å². The SMILES string of the molecule is Cc1c(CN)cnc(Br)c1C(F)F. The number of pyridine rings is 1. The van der Waals surface area contributed by atoms with E-state index in [9.17, 15) is 8.78 Å². The first-order valence-corrected chi connectivity index (χ1v) is 4.49. The number of alkyl halides is 2. The summed E-state index contributed by atoms with van der Waals surface area (Å²) < 4.78 is 25.2. The van der Waals surface area contributed by atoms with Crippen LogP contribution in [0.2, 0.25) is 0 Å². The van der Waals surface area contributed by atoms with Crippen molar-refractivity contribution in [3.05, 3.63) is 27.5 Å². The third-order valence-corrected chi connectivity index (χ3v) is 2.51. The van der Waals surface area contributed by atoms with Crippen molar-refractivity contribution >= 4 is 15.9 Å². The zero-order valence-corrected chi connectivity index (χ0v) is 8.61. The van der Waals surface area contributed by atoms with E-state index in [1.54, 1.807) is 6.92 Å². The Bertz CT molecular complexity index is 315. The van der Waals surface area contributed by atoms with Crippen molar-refractivity contribution in [2.75, 3.05) is 0 Å². The fourth-order valence-electron chi connectivity index (χ4n) is 1.09. The summed E-state index contributed by atoms with van der Waals surface area (Å²) in [6, 6.07) is 0. The molecule has 0 bridgehead atoms. The van der Waals surface area contributed by atoms with Gasteiger partial charge in [0.1, 0.15) is 4.60 Å². The highest BCUT2D eigenvalue weighted by Crippen LogP contribution is 2.30. The van der Waals surface area contributed by atoms with Gasteiger partial charge in [0, 0.05) is 12.7 Å². The van der Waals surface area contributed by atoms with Crippen molar-refractivity contribution in [2.24, 2.45) is 5.73 Å². The summed E-state index contributed by atoms with van der Waals surface area (Å²) in [5, 5.41) is 0. The molecule has 0 amide bonds. The Hall–Kier alpha value is -0.550. The van der Waals surface area contributed by atoms with Crippen LogP contribution in [0, 0.1) is 6.92 Å². The molecule has 0 aliphatic rings. The monoisotopic (exact) mass is 250 g/mol. The number of halogens is 3. The van der Waals surface area contributed by atoms with Crippen LogP contribution < -0.4 is 5.73 Å². The second-order valence-corrected chi connectivity index (χ2v) is 3.37. The summed E-state index contributed by atoms with van der Waals surface area (Å²) in [6.45, 7) is 1.85. The number of hydrogen-bond donors (Lipinski definition) is 1. The van der Waals surface area contributed by atoms with E-state index < -0.39 is 6.43 Å². The van der Waals surface area contributed by atoms with E-state index in [0.29, 0.717) is 11.1 Å². The van der Waals surface area contributed by atoms with Gasteiger partial charge >= 0.3 is 0 Å². The van der Waals surface area contributed by atoms with Crippen molar-refractivity contribution < 1.29 is 8.78 Å². The fourth-order valence-corrected chi connectivity index (χ4v) is 1.66.